The van der Waals surface area contributed by atoms with Crippen molar-refractivity contribution < 1.29 is 33.3 Å². The zero-order valence-electron chi connectivity index (χ0n) is 17.8. The van der Waals surface area contributed by atoms with E-state index < -0.39 is 28.8 Å². The lowest BCUT2D eigenvalue weighted by Crippen LogP contribution is -2.54. The standard InChI is InChI=1S/C21H29NO7S/c1-5-27-19(24)14(3)11-18(23)21(22-15(12-30-21)20(25)28-6-2)13-29-17-10-8-7-9-16(17)26-4/h7-10,14-15,22H,5-6,11-13H2,1-4H3. The van der Waals surface area contributed by atoms with Gasteiger partial charge in [-0.25, -0.2) is 0 Å². The lowest BCUT2D eigenvalue weighted by Gasteiger charge is -2.29. The molecule has 1 aromatic rings. The molecule has 3 atom stereocenters. The highest BCUT2D eigenvalue weighted by Crippen LogP contribution is 2.36. The van der Waals surface area contributed by atoms with Crippen molar-refractivity contribution in [2.24, 2.45) is 5.92 Å². The number of rotatable bonds is 11. The summed E-state index contributed by atoms with van der Waals surface area (Å²) < 4.78 is 21.3. The highest BCUT2D eigenvalue weighted by atomic mass is 32.2. The van der Waals surface area contributed by atoms with Crippen LogP contribution in [0.25, 0.3) is 0 Å². The van der Waals surface area contributed by atoms with Gasteiger partial charge >= 0.3 is 11.9 Å². The van der Waals surface area contributed by atoms with Crippen molar-refractivity contribution in [3.63, 3.8) is 0 Å². The quantitative estimate of drug-likeness (QED) is 0.520. The van der Waals surface area contributed by atoms with E-state index in [0.29, 0.717) is 17.3 Å². The minimum Gasteiger partial charge on any atom is -0.493 e. The summed E-state index contributed by atoms with van der Waals surface area (Å²) >= 11 is 1.28. The maximum atomic E-state index is 13.2. The van der Waals surface area contributed by atoms with E-state index in [-0.39, 0.29) is 32.0 Å². The van der Waals surface area contributed by atoms with Crippen molar-refractivity contribution in [1.29, 1.82) is 0 Å². The zero-order valence-corrected chi connectivity index (χ0v) is 18.6. The van der Waals surface area contributed by atoms with Gasteiger partial charge in [-0.15, -0.1) is 11.8 Å². The summed E-state index contributed by atoms with van der Waals surface area (Å²) in [4.78, 5) is 36.2. The van der Waals surface area contributed by atoms with Crippen molar-refractivity contribution in [2.75, 3.05) is 32.7 Å². The molecule has 30 heavy (non-hydrogen) atoms. The molecule has 166 valence electrons. The first-order chi connectivity index (χ1) is 14.4. The fourth-order valence-corrected chi connectivity index (χ4v) is 4.30. The number of carbonyl (C=O) groups excluding carboxylic acids is 3. The first-order valence-corrected chi connectivity index (χ1v) is 10.9. The number of ketones is 1. The number of para-hydroxylation sites is 2. The molecular formula is C21H29NO7S. The van der Waals surface area contributed by atoms with Crippen molar-refractivity contribution in [3.8, 4) is 11.5 Å². The Morgan fingerprint density at radius 2 is 1.83 bits per heavy atom. The number of thioether (sulfide) groups is 1. The van der Waals surface area contributed by atoms with Crippen molar-refractivity contribution in [2.45, 2.75) is 38.1 Å². The van der Waals surface area contributed by atoms with Crippen molar-refractivity contribution in [1.82, 2.24) is 5.32 Å². The molecule has 2 rings (SSSR count). The van der Waals surface area contributed by atoms with Gasteiger partial charge in [0, 0.05) is 12.2 Å². The van der Waals surface area contributed by atoms with Gasteiger partial charge < -0.3 is 18.9 Å². The molecule has 0 amide bonds. The van der Waals surface area contributed by atoms with Crippen LogP contribution in [0.15, 0.2) is 24.3 Å². The zero-order chi connectivity index (χ0) is 22.1. The maximum absolute atomic E-state index is 13.2. The molecule has 0 saturated carbocycles. The van der Waals surface area contributed by atoms with Gasteiger partial charge in [0.1, 0.15) is 12.6 Å². The summed E-state index contributed by atoms with van der Waals surface area (Å²) in [5, 5.41) is 3.09. The van der Waals surface area contributed by atoms with Crippen LogP contribution in [-0.4, -0.2) is 61.3 Å². The van der Waals surface area contributed by atoms with Crippen molar-refractivity contribution in [3.05, 3.63) is 24.3 Å². The number of hydrogen-bond acceptors (Lipinski definition) is 9. The molecule has 3 unspecified atom stereocenters. The van der Waals surface area contributed by atoms with E-state index in [4.69, 9.17) is 18.9 Å². The molecule has 0 aromatic heterocycles. The molecule has 0 radical (unpaired) electrons. The summed E-state index contributed by atoms with van der Waals surface area (Å²) in [7, 11) is 1.53. The molecule has 1 N–H and O–H groups in total. The Kier molecular flexibility index (Phi) is 8.98. The van der Waals surface area contributed by atoms with Crippen LogP contribution in [-0.2, 0) is 23.9 Å². The Morgan fingerprint density at radius 1 is 1.17 bits per heavy atom. The molecule has 0 aliphatic carbocycles. The van der Waals surface area contributed by atoms with Crippen LogP contribution in [0.3, 0.4) is 0 Å². The molecule has 1 aromatic carbocycles. The van der Waals surface area contributed by atoms with Gasteiger partial charge in [-0.2, -0.15) is 0 Å². The predicted octanol–water partition coefficient (Wildman–Crippen LogP) is 2.20. The third kappa shape index (κ3) is 5.89. The average molecular weight is 440 g/mol. The van der Waals surface area contributed by atoms with Crippen LogP contribution in [0.1, 0.15) is 27.2 Å². The highest BCUT2D eigenvalue weighted by Gasteiger charge is 2.49. The number of hydrogen-bond donors (Lipinski definition) is 1. The van der Waals surface area contributed by atoms with Crippen LogP contribution in [0.2, 0.25) is 0 Å². The summed E-state index contributed by atoms with van der Waals surface area (Å²) in [5.74, 6) is -0.336. The first-order valence-electron chi connectivity index (χ1n) is 9.90. The molecule has 9 heteroatoms. The van der Waals surface area contributed by atoms with E-state index in [1.165, 1.54) is 18.9 Å². The second kappa shape index (κ2) is 11.2. The number of ether oxygens (including phenoxy) is 4. The predicted molar refractivity (Wildman–Crippen MR) is 113 cm³/mol. The molecule has 8 nitrogen and oxygen atoms in total. The Morgan fingerprint density at radius 3 is 2.47 bits per heavy atom. The van der Waals surface area contributed by atoms with E-state index >= 15 is 0 Å². The minimum atomic E-state index is -1.20. The first kappa shape index (κ1) is 24.0. The molecule has 1 aliphatic heterocycles. The summed E-state index contributed by atoms with van der Waals surface area (Å²) in [5.41, 5.74) is 0. The molecule has 1 heterocycles. The largest absolute Gasteiger partial charge is 0.493 e. The second-order valence-corrected chi connectivity index (χ2v) is 8.13. The van der Waals surface area contributed by atoms with E-state index in [9.17, 15) is 14.4 Å². The SMILES string of the molecule is CCOC(=O)C(C)CC(=O)C1(COc2ccccc2OC)NC(C(=O)OCC)CS1. The average Bonchev–Trinajstić information content (AvgIpc) is 3.18. The second-order valence-electron chi connectivity index (χ2n) is 6.81. The van der Waals surface area contributed by atoms with Gasteiger partial charge in [0.15, 0.2) is 22.2 Å². The van der Waals surface area contributed by atoms with Crippen LogP contribution in [0.5, 0.6) is 11.5 Å². The smallest absolute Gasteiger partial charge is 0.324 e. The van der Waals surface area contributed by atoms with Crippen LogP contribution >= 0.6 is 11.8 Å². The van der Waals surface area contributed by atoms with Gasteiger partial charge in [0.2, 0.25) is 0 Å². The van der Waals surface area contributed by atoms with Gasteiger partial charge in [0.25, 0.3) is 0 Å². The summed E-state index contributed by atoms with van der Waals surface area (Å²) in [6.45, 7) is 5.55. The fraction of sp³-hybridized carbons (Fsp3) is 0.571. The Bertz CT molecular complexity index is 757. The van der Waals surface area contributed by atoms with E-state index in [0.717, 1.165) is 0 Å². The minimum absolute atomic E-state index is 0.0380. The summed E-state index contributed by atoms with van der Waals surface area (Å²) in [6, 6.07) is 6.46. The van der Waals surface area contributed by atoms with Crippen LogP contribution < -0.4 is 14.8 Å². The van der Waals surface area contributed by atoms with Crippen LogP contribution in [0, 0.1) is 5.92 Å². The van der Waals surface area contributed by atoms with Crippen molar-refractivity contribution >= 4 is 29.5 Å². The topological polar surface area (TPSA) is 100 Å². The van der Waals surface area contributed by atoms with Gasteiger partial charge in [-0.1, -0.05) is 19.1 Å². The third-order valence-electron chi connectivity index (χ3n) is 4.61. The van der Waals surface area contributed by atoms with Gasteiger partial charge in [-0.3, -0.25) is 19.7 Å². The number of Topliss-reactive ketones (excluding diaryl/α,β-unsaturated/α-hetero) is 1. The van der Waals surface area contributed by atoms with E-state index in [2.05, 4.69) is 5.32 Å². The third-order valence-corrected chi connectivity index (χ3v) is 6.06. The number of nitrogens with one attached hydrogen (secondary N) is 1. The van der Waals surface area contributed by atoms with E-state index in [1.807, 2.05) is 6.07 Å². The number of benzene rings is 1. The number of carbonyl (C=O) groups is 3. The molecule has 0 spiro atoms. The van der Waals surface area contributed by atoms with Gasteiger partial charge in [0.05, 0.1) is 26.2 Å². The number of methoxy groups -OCH3 is 1. The monoisotopic (exact) mass is 439 g/mol. The number of esters is 2. The summed E-state index contributed by atoms with van der Waals surface area (Å²) in [6.07, 6.45) is -0.0380. The Hall–Kier alpha value is -2.26. The molecule has 1 saturated heterocycles. The van der Waals surface area contributed by atoms with E-state index in [1.54, 1.807) is 39.0 Å². The lowest BCUT2D eigenvalue weighted by atomic mass is 9.99. The Labute approximate surface area is 181 Å². The lowest BCUT2D eigenvalue weighted by molar-refractivity contribution is -0.149. The normalized spacial score (nSPS) is 21.5. The fourth-order valence-electron chi connectivity index (χ4n) is 3.01. The molecular weight excluding hydrogens is 410 g/mol. The highest BCUT2D eigenvalue weighted by molar-refractivity contribution is 8.01. The molecule has 1 aliphatic rings. The molecule has 0 bridgehead atoms. The Balaban J connectivity index is 2.19. The van der Waals surface area contributed by atoms with Gasteiger partial charge in [-0.05, 0) is 26.0 Å². The van der Waals surface area contributed by atoms with Crippen LogP contribution in [0.4, 0.5) is 0 Å². The molecule has 1 fully saturated rings. The maximum Gasteiger partial charge on any atom is 0.324 e.